The number of nitrogens with zero attached hydrogens (tertiary/aromatic N) is 2. The summed E-state index contributed by atoms with van der Waals surface area (Å²) in [5.74, 6) is -3.31. The highest BCUT2D eigenvalue weighted by Crippen LogP contribution is 2.21. The van der Waals surface area contributed by atoms with Crippen molar-refractivity contribution < 1.29 is 26.4 Å². The van der Waals surface area contributed by atoms with Gasteiger partial charge < -0.3 is 4.90 Å². The molecule has 1 fully saturated rings. The van der Waals surface area contributed by atoms with Crippen LogP contribution in [-0.2, 0) is 16.6 Å². The molecule has 0 radical (unpaired) electrons. The third-order valence-electron chi connectivity index (χ3n) is 5.31. The first-order valence-corrected chi connectivity index (χ1v) is 12.0. The fraction of sp³-hybridized carbons (Fsp3) is 0.409. The van der Waals surface area contributed by atoms with Crippen molar-refractivity contribution in [3.63, 3.8) is 0 Å². The van der Waals surface area contributed by atoms with Crippen LogP contribution in [0.25, 0.3) is 0 Å². The van der Waals surface area contributed by atoms with E-state index in [1.165, 1.54) is 0 Å². The first kappa shape index (κ1) is 24.1. The van der Waals surface area contributed by atoms with E-state index in [9.17, 15) is 26.4 Å². The average molecular weight is 470 g/mol. The van der Waals surface area contributed by atoms with Gasteiger partial charge in [-0.1, -0.05) is 6.92 Å². The van der Waals surface area contributed by atoms with Crippen molar-refractivity contribution in [2.24, 2.45) is 0 Å². The average Bonchev–Trinajstić information content (AvgIpc) is 2.71. The van der Waals surface area contributed by atoms with Gasteiger partial charge in [-0.2, -0.15) is 0 Å². The highest BCUT2D eigenvalue weighted by Gasteiger charge is 2.29. The number of benzene rings is 2. The van der Waals surface area contributed by atoms with Gasteiger partial charge in [0.15, 0.2) is 11.6 Å². The van der Waals surface area contributed by atoms with Gasteiger partial charge in [0.1, 0.15) is 5.82 Å². The highest BCUT2D eigenvalue weighted by atomic mass is 32.2. The molecule has 1 aliphatic rings. The summed E-state index contributed by atoms with van der Waals surface area (Å²) >= 11 is 0. The zero-order valence-corrected chi connectivity index (χ0v) is 18.8. The van der Waals surface area contributed by atoms with Crippen molar-refractivity contribution in [1.29, 1.82) is 0 Å². The normalized spacial score (nSPS) is 17.4. The van der Waals surface area contributed by atoms with E-state index in [-0.39, 0.29) is 29.8 Å². The molecule has 10 heteroatoms. The molecule has 0 aromatic heterocycles. The third-order valence-corrected chi connectivity index (χ3v) is 6.81. The van der Waals surface area contributed by atoms with Crippen LogP contribution in [-0.4, -0.2) is 55.6 Å². The molecule has 1 atom stereocenters. The van der Waals surface area contributed by atoms with Gasteiger partial charge in [0.05, 0.1) is 5.75 Å². The second kappa shape index (κ2) is 9.91. The monoisotopic (exact) mass is 469 g/mol. The predicted octanol–water partition coefficient (Wildman–Crippen LogP) is 3.60. The minimum Gasteiger partial charge on any atom is -0.333 e. The number of amides is 1. The summed E-state index contributed by atoms with van der Waals surface area (Å²) < 4.78 is 67.1. The molecular weight excluding hydrogens is 443 g/mol. The van der Waals surface area contributed by atoms with E-state index in [1.54, 1.807) is 36.1 Å². The maximum Gasteiger partial charge on any atom is 0.254 e. The van der Waals surface area contributed by atoms with Gasteiger partial charge >= 0.3 is 0 Å². The van der Waals surface area contributed by atoms with Gasteiger partial charge in [-0.05, 0) is 43.7 Å². The Morgan fingerprint density at radius 3 is 2.44 bits per heavy atom. The van der Waals surface area contributed by atoms with Crippen LogP contribution in [0.15, 0.2) is 36.4 Å². The number of carbonyl (C=O) groups excluding carboxylic acids is 1. The van der Waals surface area contributed by atoms with E-state index in [0.717, 1.165) is 6.07 Å². The highest BCUT2D eigenvalue weighted by molar-refractivity contribution is 7.92. The van der Waals surface area contributed by atoms with Crippen molar-refractivity contribution in [3.8, 4) is 0 Å². The summed E-state index contributed by atoms with van der Waals surface area (Å²) in [5, 5.41) is 0. The van der Waals surface area contributed by atoms with Crippen molar-refractivity contribution in [2.75, 3.05) is 30.1 Å². The molecule has 1 amide bonds. The summed E-state index contributed by atoms with van der Waals surface area (Å²) in [7, 11) is -3.41. The summed E-state index contributed by atoms with van der Waals surface area (Å²) in [4.78, 5) is 16.4. The number of piperazine rings is 1. The van der Waals surface area contributed by atoms with Crippen LogP contribution in [0.3, 0.4) is 0 Å². The number of nitrogens with one attached hydrogen (secondary N) is 1. The number of sulfonamides is 1. The lowest BCUT2D eigenvalue weighted by Crippen LogP contribution is -2.53. The van der Waals surface area contributed by atoms with Gasteiger partial charge in [-0.25, -0.2) is 21.6 Å². The Morgan fingerprint density at radius 1 is 1.12 bits per heavy atom. The van der Waals surface area contributed by atoms with E-state index >= 15 is 0 Å². The van der Waals surface area contributed by atoms with Crippen LogP contribution in [0.2, 0.25) is 0 Å². The fourth-order valence-corrected chi connectivity index (χ4v) is 4.92. The van der Waals surface area contributed by atoms with Gasteiger partial charge in [0.25, 0.3) is 5.91 Å². The Kier molecular flexibility index (Phi) is 7.45. The zero-order valence-electron chi connectivity index (χ0n) is 17.9. The first-order chi connectivity index (χ1) is 15.1. The molecule has 0 saturated carbocycles. The SMILES string of the molecule is CCCS(=O)(=O)Nc1ccc(C(=O)N2CCN(Cc3cc(F)cc(F)c3F)C[C@@H]2C)cc1. The Hall–Kier alpha value is -2.59. The molecule has 2 aromatic carbocycles. The Morgan fingerprint density at radius 2 is 1.81 bits per heavy atom. The second-order valence-corrected chi connectivity index (χ2v) is 9.78. The lowest BCUT2D eigenvalue weighted by atomic mass is 10.1. The molecular formula is C22H26F3N3O3S. The zero-order chi connectivity index (χ0) is 23.5. The predicted molar refractivity (Wildman–Crippen MR) is 116 cm³/mol. The van der Waals surface area contributed by atoms with Crippen molar-refractivity contribution in [2.45, 2.75) is 32.9 Å². The van der Waals surface area contributed by atoms with Crippen molar-refractivity contribution in [3.05, 3.63) is 65.0 Å². The standard InChI is InChI=1S/C22H26F3N3O3S/c1-3-10-32(30,31)26-19-6-4-16(5-7-19)22(29)28-9-8-27(13-15(28)2)14-17-11-18(23)12-20(24)21(17)25/h4-7,11-12,15,26H,3,8-10,13-14H2,1-2H3/t15-/m0/s1. The van der Waals surface area contributed by atoms with E-state index in [1.807, 2.05) is 11.8 Å². The third kappa shape index (κ3) is 5.80. The molecule has 3 rings (SSSR count). The summed E-state index contributed by atoms with van der Waals surface area (Å²) in [5.41, 5.74) is 0.745. The fourth-order valence-electron chi connectivity index (χ4n) is 3.79. The molecule has 0 aliphatic carbocycles. The van der Waals surface area contributed by atoms with E-state index in [4.69, 9.17) is 0 Å². The topological polar surface area (TPSA) is 69.7 Å². The molecule has 1 saturated heterocycles. The lowest BCUT2D eigenvalue weighted by Gasteiger charge is -2.40. The number of hydrogen-bond donors (Lipinski definition) is 1. The second-order valence-electron chi connectivity index (χ2n) is 7.94. The lowest BCUT2D eigenvalue weighted by molar-refractivity contribution is 0.0473. The Labute approximate surface area is 186 Å². The molecule has 0 spiro atoms. The van der Waals surface area contributed by atoms with Crippen LogP contribution < -0.4 is 4.72 Å². The van der Waals surface area contributed by atoms with Crippen LogP contribution in [0.5, 0.6) is 0 Å². The summed E-state index contributed by atoms with van der Waals surface area (Å²) in [6, 6.07) is 7.51. The molecule has 2 aromatic rings. The molecule has 0 unspecified atom stereocenters. The van der Waals surface area contributed by atoms with Crippen LogP contribution in [0, 0.1) is 17.5 Å². The molecule has 1 aliphatic heterocycles. The van der Waals surface area contributed by atoms with Crippen molar-refractivity contribution in [1.82, 2.24) is 9.80 Å². The molecule has 1 heterocycles. The Bertz CT molecular complexity index is 1080. The van der Waals surface area contributed by atoms with Gasteiger partial charge in [0.2, 0.25) is 10.0 Å². The summed E-state index contributed by atoms with van der Waals surface area (Å²) in [6.45, 7) is 4.86. The van der Waals surface area contributed by atoms with E-state index in [0.29, 0.717) is 43.4 Å². The van der Waals surface area contributed by atoms with Gasteiger partial charge in [-0.3, -0.25) is 14.4 Å². The maximum atomic E-state index is 14.0. The minimum absolute atomic E-state index is 0.0155. The molecule has 32 heavy (non-hydrogen) atoms. The number of rotatable bonds is 7. The molecule has 6 nitrogen and oxygen atoms in total. The maximum absolute atomic E-state index is 14.0. The molecule has 1 N–H and O–H groups in total. The van der Waals surface area contributed by atoms with Gasteiger partial charge in [-0.15, -0.1) is 0 Å². The Balaban J connectivity index is 1.62. The molecule has 174 valence electrons. The van der Waals surface area contributed by atoms with E-state index < -0.39 is 27.5 Å². The number of halogens is 3. The van der Waals surface area contributed by atoms with Crippen LogP contribution in [0.4, 0.5) is 18.9 Å². The number of hydrogen-bond acceptors (Lipinski definition) is 4. The number of anilines is 1. The minimum atomic E-state index is -3.41. The van der Waals surface area contributed by atoms with Crippen LogP contribution >= 0.6 is 0 Å². The number of carbonyl (C=O) groups is 1. The molecule has 0 bridgehead atoms. The van der Waals surface area contributed by atoms with E-state index in [2.05, 4.69) is 4.72 Å². The first-order valence-electron chi connectivity index (χ1n) is 10.4. The van der Waals surface area contributed by atoms with Crippen LogP contribution in [0.1, 0.15) is 36.2 Å². The quantitative estimate of drug-likeness (QED) is 0.629. The van der Waals surface area contributed by atoms with Gasteiger partial charge in [0, 0.05) is 55.1 Å². The smallest absolute Gasteiger partial charge is 0.254 e. The van der Waals surface area contributed by atoms with Crippen molar-refractivity contribution >= 4 is 21.6 Å². The largest absolute Gasteiger partial charge is 0.333 e. The summed E-state index contributed by atoms with van der Waals surface area (Å²) in [6.07, 6.45) is 0.497.